The van der Waals surface area contributed by atoms with E-state index in [1.807, 2.05) is 58.0 Å². The van der Waals surface area contributed by atoms with Crippen LogP contribution in [0.4, 0.5) is 0 Å². The zero-order chi connectivity index (χ0) is 32.6. The van der Waals surface area contributed by atoms with E-state index < -0.39 is 41.4 Å². The molecule has 246 valence electrons. The molecule has 0 aliphatic carbocycles. The molecule has 12 heteroatoms. The molecule has 2 aromatic rings. The van der Waals surface area contributed by atoms with E-state index >= 15 is 0 Å². The lowest BCUT2D eigenvalue weighted by Crippen LogP contribution is -2.57. The third kappa shape index (κ3) is 10.2. The minimum Gasteiger partial charge on any atom is -0.379 e. The smallest absolute Gasteiger partial charge is 0.274 e. The van der Waals surface area contributed by atoms with Crippen molar-refractivity contribution in [1.29, 1.82) is 0 Å². The quantitative estimate of drug-likeness (QED) is 0.238. The summed E-state index contributed by atoms with van der Waals surface area (Å²) in [6, 6.07) is 8.22. The van der Waals surface area contributed by atoms with Gasteiger partial charge in [0.1, 0.15) is 17.7 Å². The van der Waals surface area contributed by atoms with Gasteiger partial charge >= 0.3 is 0 Å². The Balaban J connectivity index is 1.47. The normalized spacial score (nSPS) is 20.3. The molecule has 0 radical (unpaired) electrons. The van der Waals surface area contributed by atoms with Crippen molar-refractivity contribution in [2.75, 3.05) is 32.9 Å². The number of amides is 3. The van der Waals surface area contributed by atoms with E-state index in [2.05, 4.69) is 26.0 Å². The third-order valence-corrected chi connectivity index (χ3v) is 7.96. The fraction of sp³-hybridized carbons (Fsp3) is 0.606. The minimum absolute atomic E-state index is 0.0592. The second-order valence-corrected chi connectivity index (χ2v) is 13.0. The van der Waals surface area contributed by atoms with E-state index in [4.69, 9.17) is 14.0 Å². The van der Waals surface area contributed by atoms with Crippen LogP contribution in [0.5, 0.6) is 0 Å². The van der Waals surface area contributed by atoms with Gasteiger partial charge in [0, 0.05) is 25.6 Å². The van der Waals surface area contributed by atoms with Crippen LogP contribution < -0.4 is 16.0 Å². The molecule has 3 heterocycles. The van der Waals surface area contributed by atoms with Gasteiger partial charge in [0.15, 0.2) is 17.2 Å². The number of carbonyl (C=O) groups is 4. The summed E-state index contributed by atoms with van der Waals surface area (Å²) in [5.74, 6) is -0.965. The molecule has 3 N–H and O–H groups in total. The van der Waals surface area contributed by atoms with Gasteiger partial charge in [0.25, 0.3) is 5.91 Å². The second-order valence-electron chi connectivity index (χ2n) is 13.0. The maximum atomic E-state index is 13.7. The van der Waals surface area contributed by atoms with Crippen LogP contribution in [-0.4, -0.2) is 90.2 Å². The van der Waals surface area contributed by atoms with Crippen LogP contribution in [0.2, 0.25) is 0 Å². The van der Waals surface area contributed by atoms with E-state index in [0.29, 0.717) is 45.0 Å². The summed E-state index contributed by atoms with van der Waals surface area (Å²) in [5.41, 5.74) is 0.00660. The molecule has 2 unspecified atom stereocenters. The van der Waals surface area contributed by atoms with Crippen LogP contribution in [0, 0.1) is 11.8 Å². The molecule has 0 bridgehead atoms. The van der Waals surface area contributed by atoms with Crippen LogP contribution in [0.15, 0.2) is 40.9 Å². The number of nitrogens with zero attached hydrogens (tertiary/aromatic N) is 2. The van der Waals surface area contributed by atoms with Gasteiger partial charge in [0.2, 0.25) is 11.8 Å². The molecule has 1 aromatic heterocycles. The number of epoxide rings is 1. The molecular formula is C33H47N5O7. The van der Waals surface area contributed by atoms with Crippen LogP contribution in [0.25, 0.3) is 0 Å². The van der Waals surface area contributed by atoms with Gasteiger partial charge in [-0.25, -0.2) is 0 Å². The molecule has 12 nitrogen and oxygen atoms in total. The zero-order valence-corrected chi connectivity index (χ0v) is 27.0. The topological polar surface area (TPSA) is 155 Å². The number of hydrogen-bond acceptors (Lipinski definition) is 9. The summed E-state index contributed by atoms with van der Waals surface area (Å²) in [6.45, 7) is 13.2. The Kier molecular flexibility index (Phi) is 11.9. The lowest BCUT2D eigenvalue weighted by Gasteiger charge is -2.27. The molecule has 1 aromatic carbocycles. The number of ketones is 1. The molecule has 2 saturated heterocycles. The maximum Gasteiger partial charge on any atom is 0.274 e. The average molecular weight is 626 g/mol. The number of Topliss-reactive ketones (excluding diaryl/α,β-unsaturated/α-hetero) is 1. The van der Waals surface area contributed by atoms with Crippen molar-refractivity contribution in [3.8, 4) is 0 Å². The Morgan fingerprint density at radius 3 is 2.11 bits per heavy atom. The molecule has 0 spiro atoms. The highest BCUT2D eigenvalue weighted by Gasteiger charge is 2.50. The van der Waals surface area contributed by atoms with Crippen molar-refractivity contribution < 1.29 is 33.2 Å². The van der Waals surface area contributed by atoms with Gasteiger partial charge in [-0.15, -0.1) is 0 Å². The fourth-order valence-corrected chi connectivity index (χ4v) is 5.33. The standard InChI is InChI=1S/C33H47N5O7/c1-21(2)15-25(29(39)33(5)20-44-33)34-31(41)27(17-23-9-7-6-8-10-23)36-30(40)26(16-22(3)4)35-32(42)28-18-24(45-37-28)19-38-11-13-43-14-12-38/h6-10,18,21-22,25-27H,11-17,19-20H2,1-5H3,(H,34,41)(H,35,42)(H,36,40)/t25?,26?,27-,33-/m0/s1. The van der Waals surface area contributed by atoms with E-state index in [1.165, 1.54) is 0 Å². The van der Waals surface area contributed by atoms with Gasteiger partial charge in [-0.05, 0) is 37.2 Å². The fourth-order valence-electron chi connectivity index (χ4n) is 5.33. The predicted octanol–water partition coefficient (Wildman–Crippen LogP) is 2.27. The summed E-state index contributed by atoms with van der Waals surface area (Å²) >= 11 is 0. The molecule has 0 saturated carbocycles. The highest BCUT2D eigenvalue weighted by molar-refractivity contribution is 5.99. The van der Waals surface area contributed by atoms with E-state index in [0.717, 1.165) is 18.7 Å². The Morgan fingerprint density at radius 2 is 1.49 bits per heavy atom. The predicted molar refractivity (Wildman–Crippen MR) is 166 cm³/mol. The van der Waals surface area contributed by atoms with Crippen molar-refractivity contribution in [2.24, 2.45) is 11.8 Å². The Morgan fingerprint density at radius 1 is 0.889 bits per heavy atom. The lowest BCUT2D eigenvalue weighted by molar-refractivity contribution is -0.133. The van der Waals surface area contributed by atoms with Crippen LogP contribution >= 0.6 is 0 Å². The number of morpholine rings is 1. The second kappa shape index (κ2) is 15.6. The summed E-state index contributed by atoms with van der Waals surface area (Å²) in [4.78, 5) is 56.0. The zero-order valence-electron chi connectivity index (χ0n) is 27.0. The van der Waals surface area contributed by atoms with Crippen molar-refractivity contribution in [3.63, 3.8) is 0 Å². The van der Waals surface area contributed by atoms with Gasteiger partial charge in [-0.2, -0.15) is 0 Å². The van der Waals surface area contributed by atoms with Crippen molar-refractivity contribution >= 4 is 23.5 Å². The van der Waals surface area contributed by atoms with E-state index in [-0.39, 0.29) is 29.7 Å². The first-order valence-electron chi connectivity index (χ1n) is 15.8. The SMILES string of the molecule is CC(C)CC(NC(=O)c1cc(CN2CCOCC2)on1)C(=O)N[C@@H](Cc1ccccc1)C(=O)NC(CC(C)C)C(=O)[C@]1(C)CO1. The number of rotatable bonds is 16. The van der Waals surface area contributed by atoms with Gasteiger partial charge in [-0.3, -0.25) is 24.1 Å². The first-order valence-corrected chi connectivity index (χ1v) is 15.8. The van der Waals surface area contributed by atoms with E-state index in [1.54, 1.807) is 13.0 Å². The minimum atomic E-state index is -0.992. The van der Waals surface area contributed by atoms with Crippen LogP contribution in [-0.2, 0) is 36.8 Å². The molecule has 2 fully saturated rings. The molecule has 2 aliphatic rings. The Bertz CT molecular complexity index is 1300. The molecule has 2 aliphatic heterocycles. The summed E-state index contributed by atoms with van der Waals surface area (Å²) in [5, 5.41) is 12.5. The van der Waals surface area contributed by atoms with Crippen molar-refractivity contribution in [1.82, 2.24) is 26.0 Å². The highest BCUT2D eigenvalue weighted by atomic mass is 16.6. The monoisotopic (exact) mass is 625 g/mol. The Labute approximate surface area is 264 Å². The summed E-state index contributed by atoms with van der Waals surface area (Å²) in [6.07, 6.45) is 0.970. The first kappa shape index (κ1) is 34.3. The highest BCUT2D eigenvalue weighted by Crippen LogP contribution is 2.29. The lowest BCUT2D eigenvalue weighted by atomic mass is 9.93. The average Bonchev–Trinajstić information content (AvgIpc) is 3.58. The van der Waals surface area contributed by atoms with Gasteiger partial charge in [0.05, 0.1) is 32.4 Å². The van der Waals surface area contributed by atoms with E-state index in [9.17, 15) is 19.2 Å². The summed E-state index contributed by atoms with van der Waals surface area (Å²) in [7, 11) is 0. The molecule has 4 atom stereocenters. The van der Waals surface area contributed by atoms with Crippen molar-refractivity contribution in [3.05, 3.63) is 53.4 Å². The number of nitrogens with one attached hydrogen (secondary N) is 3. The number of hydrogen-bond donors (Lipinski definition) is 3. The molecule has 45 heavy (non-hydrogen) atoms. The largest absolute Gasteiger partial charge is 0.379 e. The number of aromatic nitrogens is 1. The molecule has 3 amide bonds. The van der Waals surface area contributed by atoms with Crippen molar-refractivity contribution in [2.45, 2.75) is 84.2 Å². The maximum absolute atomic E-state index is 13.7. The van der Waals surface area contributed by atoms with Crippen LogP contribution in [0.1, 0.15) is 69.3 Å². The number of benzene rings is 1. The van der Waals surface area contributed by atoms with Crippen LogP contribution in [0.3, 0.4) is 0 Å². The first-order chi connectivity index (χ1) is 21.4. The number of carbonyl (C=O) groups excluding carboxylic acids is 4. The molecule has 4 rings (SSSR count). The van der Waals surface area contributed by atoms with Gasteiger partial charge in [-0.1, -0.05) is 63.2 Å². The summed E-state index contributed by atoms with van der Waals surface area (Å²) < 4.78 is 16.2. The molecular weight excluding hydrogens is 578 g/mol. The Hall–Kier alpha value is -3.61. The van der Waals surface area contributed by atoms with Gasteiger partial charge < -0.3 is 29.9 Å². The number of ether oxygens (including phenoxy) is 2. The third-order valence-electron chi connectivity index (χ3n) is 7.96.